The SMILES string of the molecule is C[C@@H]1[C@H](O)c2ccc(OCc3ccccc3)cc2CCN1CCCCc1ccccc1. The number of aryl methyl sites for hydroxylation is 1. The average molecular weight is 416 g/mol. The number of hydrogen-bond donors (Lipinski definition) is 1. The average Bonchev–Trinajstić information content (AvgIpc) is 2.93. The van der Waals surface area contributed by atoms with E-state index in [1.54, 1.807) is 0 Å². The molecular weight excluding hydrogens is 382 g/mol. The standard InChI is InChI=1S/C28H33NO2/c1-22-28(30)27-16-15-26(31-21-24-13-6-3-7-14-24)20-25(27)17-19-29(22)18-9-8-12-23-10-4-2-5-11-23/h2-7,10-11,13-16,20,22,28,30H,8-9,12,17-19,21H2,1H3/t22-,28+/m1/s1. The molecule has 162 valence electrons. The second-order valence-electron chi connectivity index (χ2n) is 8.55. The molecule has 0 saturated carbocycles. The summed E-state index contributed by atoms with van der Waals surface area (Å²) < 4.78 is 6.01. The lowest BCUT2D eigenvalue weighted by Gasteiger charge is -2.30. The predicted octanol–water partition coefficient (Wildman–Crippen LogP) is 5.57. The molecule has 0 fully saturated rings. The minimum atomic E-state index is -0.463. The van der Waals surface area contributed by atoms with Gasteiger partial charge in [0.25, 0.3) is 0 Å². The molecule has 3 aromatic rings. The van der Waals surface area contributed by atoms with E-state index < -0.39 is 6.10 Å². The van der Waals surface area contributed by atoms with E-state index in [2.05, 4.69) is 66.4 Å². The summed E-state index contributed by atoms with van der Waals surface area (Å²) in [5.41, 5.74) is 4.82. The van der Waals surface area contributed by atoms with Gasteiger partial charge in [-0.2, -0.15) is 0 Å². The summed E-state index contributed by atoms with van der Waals surface area (Å²) in [5.74, 6) is 0.874. The summed E-state index contributed by atoms with van der Waals surface area (Å²) >= 11 is 0. The number of ether oxygens (including phenoxy) is 1. The van der Waals surface area contributed by atoms with Crippen molar-refractivity contribution in [3.8, 4) is 5.75 Å². The van der Waals surface area contributed by atoms with Crippen LogP contribution in [0.5, 0.6) is 5.75 Å². The van der Waals surface area contributed by atoms with E-state index in [0.29, 0.717) is 6.61 Å². The maximum Gasteiger partial charge on any atom is 0.120 e. The first-order chi connectivity index (χ1) is 15.2. The van der Waals surface area contributed by atoms with Crippen LogP contribution in [0, 0.1) is 0 Å². The Morgan fingerprint density at radius 2 is 1.61 bits per heavy atom. The highest BCUT2D eigenvalue weighted by Crippen LogP contribution is 2.31. The van der Waals surface area contributed by atoms with Crippen LogP contribution in [0.15, 0.2) is 78.9 Å². The zero-order valence-electron chi connectivity index (χ0n) is 18.4. The third kappa shape index (κ3) is 5.75. The van der Waals surface area contributed by atoms with Gasteiger partial charge < -0.3 is 9.84 Å². The van der Waals surface area contributed by atoms with Gasteiger partial charge in [0.05, 0.1) is 6.10 Å². The van der Waals surface area contributed by atoms with Gasteiger partial charge in [-0.3, -0.25) is 4.90 Å². The fourth-order valence-electron chi connectivity index (χ4n) is 4.45. The third-order valence-electron chi connectivity index (χ3n) is 6.39. The number of aliphatic hydroxyl groups is 1. The quantitative estimate of drug-likeness (QED) is 0.488. The second kappa shape index (κ2) is 10.6. The predicted molar refractivity (Wildman–Crippen MR) is 126 cm³/mol. The molecule has 1 heterocycles. The number of rotatable bonds is 8. The fourth-order valence-corrected chi connectivity index (χ4v) is 4.45. The van der Waals surface area contributed by atoms with Crippen molar-refractivity contribution >= 4 is 0 Å². The maximum absolute atomic E-state index is 11.0. The Hall–Kier alpha value is -2.62. The molecule has 0 saturated heterocycles. The molecule has 0 spiro atoms. The molecule has 1 N–H and O–H groups in total. The molecule has 3 aromatic carbocycles. The van der Waals surface area contributed by atoms with Crippen LogP contribution in [-0.2, 0) is 19.4 Å². The van der Waals surface area contributed by atoms with Crippen molar-refractivity contribution in [1.82, 2.24) is 4.90 Å². The van der Waals surface area contributed by atoms with Crippen LogP contribution in [-0.4, -0.2) is 29.1 Å². The Morgan fingerprint density at radius 1 is 0.903 bits per heavy atom. The first-order valence-electron chi connectivity index (χ1n) is 11.5. The zero-order chi connectivity index (χ0) is 21.5. The van der Waals surface area contributed by atoms with E-state index in [1.165, 1.54) is 17.5 Å². The van der Waals surface area contributed by atoms with Crippen LogP contribution >= 0.6 is 0 Å². The topological polar surface area (TPSA) is 32.7 Å². The minimum Gasteiger partial charge on any atom is -0.489 e. The summed E-state index contributed by atoms with van der Waals surface area (Å²) in [6, 6.07) is 27.2. The smallest absolute Gasteiger partial charge is 0.120 e. The molecule has 0 amide bonds. The van der Waals surface area contributed by atoms with Crippen LogP contribution < -0.4 is 4.74 Å². The van der Waals surface area contributed by atoms with Crippen LogP contribution in [0.1, 0.15) is 48.1 Å². The van der Waals surface area contributed by atoms with E-state index in [0.717, 1.165) is 49.2 Å². The highest BCUT2D eigenvalue weighted by atomic mass is 16.5. The van der Waals surface area contributed by atoms with Crippen LogP contribution in [0.2, 0.25) is 0 Å². The molecule has 0 aliphatic carbocycles. The van der Waals surface area contributed by atoms with Crippen LogP contribution in [0.3, 0.4) is 0 Å². The number of unbranched alkanes of at least 4 members (excludes halogenated alkanes) is 1. The van der Waals surface area contributed by atoms with E-state index in [-0.39, 0.29) is 6.04 Å². The van der Waals surface area contributed by atoms with Crippen molar-refractivity contribution in [3.63, 3.8) is 0 Å². The van der Waals surface area contributed by atoms with Crippen LogP contribution in [0.25, 0.3) is 0 Å². The summed E-state index contributed by atoms with van der Waals surface area (Å²) in [6.07, 6.45) is 3.92. The number of nitrogens with zero attached hydrogens (tertiary/aromatic N) is 1. The number of aliphatic hydroxyl groups excluding tert-OH is 1. The Kier molecular flexibility index (Phi) is 7.39. The van der Waals surface area contributed by atoms with Gasteiger partial charge in [-0.15, -0.1) is 0 Å². The lowest BCUT2D eigenvalue weighted by atomic mass is 9.98. The highest BCUT2D eigenvalue weighted by molar-refractivity contribution is 5.38. The summed E-state index contributed by atoms with van der Waals surface area (Å²) in [4.78, 5) is 2.44. The largest absolute Gasteiger partial charge is 0.489 e. The Labute approximate surface area is 186 Å². The van der Waals surface area contributed by atoms with Crippen molar-refractivity contribution in [2.45, 2.75) is 51.4 Å². The summed E-state index contributed by atoms with van der Waals surface area (Å²) in [5, 5.41) is 11.0. The molecule has 2 atom stereocenters. The minimum absolute atomic E-state index is 0.120. The Morgan fingerprint density at radius 3 is 2.35 bits per heavy atom. The molecule has 3 nitrogen and oxygen atoms in total. The first-order valence-corrected chi connectivity index (χ1v) is 11.5. The van der Waals surface area contributed by atoms with E-state index >= 15 is 0 Å². The second-order valence-corrected chi connectivity index (χ2v) is 8.55. The maximum atomic E-state index is 11.0. The first kappa shape index (κ1) is 21.6. The van der Waals surface area contributed by atoms with Gasteiger partial charge in [-0.05, 0) is 73.5 Å². The molecule has 3 heteroatoms. The van der Waals surface area contributed by atoms with Gasteiger partial charge in [0.2, 0.25) is 0 Å². The third-order valence-corrected chi connectivity index (χ3v) is 6.39. The van der Waals surface area contributed by atoms with Crippen molar-refractivity contribution in [2.24, 2.45) is 0 Å². The normalized spacial score (nSPS) is 18.9. The van der Waals surface area contributed by atoms with Gasteiger partial charge in [-0.25, -0.2) is 0 Å². The highest BCUT2D eigenvalue weighted by Gasteiger charge is 2.28. The van der Waals surface area contributed by atoms with Crippen molar-refractivity contribution in [2.75, 3.05) is 13.1 Å². The Bertz CT molecular complexity index is 942. The lowest BCUT2D eigenvalue weighted by molar-refractivity contribution is 0.0635. The zero-order valence-corrected chi connectivity index (χ0v) is 18.4. The van der Waals surface area contributed by atoms with Gasteiger partial charge in [0, 0.05) is 12.6 Å². The van der Waals surface area contributed by atoms with Crippen LogP contribution in [0.4, 0.5) is 0 Å². The van der Waals surface area contributed by atoms with Gasteiger partial charge in [0.15, 0.2) is 0 Å². The molecule has 0 bridgehead atoms. The fraction of sp³-hybridized carbons (Fsp3) is 0.357. The number of benzene rings is 3. The summed E-state index contributed by atoms with van der Waals surface area (Å²) in [6.45, 7) is 4.71. The van der Waals surface area contributed by atoms with Gasteiger partial charge in [0.1, 0.15) is 12.4 Å². The molecule has 0 aromatic heterocycles. The molecule has 0 radical (unpaired) electrons. The molecule has 1 aliphatic rings. The molecule has 31 heavy (non-hydrogen) atoms. The summed E-state index contributed by atoms with van der Waals surface area (Å²) in [7, 11) is 0. The number of fused-ring (bicyclic) bond motifs is 1. The lowest BCUT2D eigenvalue weighted by Crippen LogP contribution is -2.37. The molecule has 0 unspecified atom stereocenters. The van der Waals surface area contributed by atoms with E-state index in [1.807, 2.05) is 24.3 Å². The van der Waals surface area contributed by atoms with E-state index in [9.17, 15) is 5.11 Å². The van der Waals surface area contributed by atoms with E-state index in [4.69, 9.17) is 4.74 Å². The molecule has 1 aliphatic heterocycles. The van der Waals surface area contributed by atoms with Gasteiger partial charge in [-0.1, -0.05) is 66.7 Å². The Balaban J connectivity index is 1.33. The van der Waals surface area contributed by atoms with Gasteiger partial charge >= 0.3 is 0 Å². The monoisotopic (exact) mass is 415 g/mol. The van der Waals surface area contributed by atoms with Crippen molar-refractivity contribution in [3.05, 3.63) is 101 Å². The molecule has 4 rings (SSSR count). The number of hydrogen-bond acceptors (Lipinski definition) is 3. The van der Waals surface area contributed by atoms with Crippen molar-refractivity contribution < 1.29 is 9.84 Å². The molecular formula is C28H33NO2. The van der Waals surface area contributed by atoms with Crippen molar-refractivity contribution in [1.29, 1.82) is 0 Å².